The van der Waals surface area contributed by atoms with Gasteiger partial charge in [-0.15, -0.1) is 33.9 Å². The number of aromatic amines is 1. The molecule has 0 saturated heterocycles. The van der Waals surface area contributed by atoms with Gasteiger partial charge in [0, 0.05) is 17.5 Å². The average molecular weight is 591 g/mol. The standard InChI is InChI=1S/C24H30N10O4S.ClH/c1-3-13(2)21(29-19(35)9-15-12-39-24(25)28-15)23(38)27-11-20(36)34-16-7-5-4-6-14(16)8-17(34)22(37)26-10-18-30-32-33-31-18;/h4-7,12-13,17,21H,3,8-11H2,1-2H3,(H2,25,28)(H,26,37)(H,27,38)(H,29,35)(H,30,31,32,33);1H/t13-,17-,21-;/m0./s1. The molecule has 0 spiro atoms. The van der Waals surface area contributed by atoms with E-state index in [9.17, 15) is 19.2 Å². The summed E-state index contributed by atoms with van der Waals surface area (Å²) < 4.78 is 0. The van der Waals surface area contributed by atoms with Crippen LogP contribution in [-0.4, -0.2) is 67.9 Å². The number of halogens is 1. The fraction of sp³-hybridized carbons (Fsp3) is 0.417. The molecule has 0 aliphatic carbocycles. The highest BCUT2D eigenvalue weighted by molar-refractivity contribution is 7.13. The maximum Gasteiger partial charge on any atom is 0.247 e. The number of H-pyrrole nitrogens is 1. The van der Waals surface area contributed by atoms with E-state index in [0.29, 0.717) is 35.2 Å². The number of tetrazole rings is 1. The number of amides is 4. The Hall–Kier alpha value is -4.11. The number of nitrogens with zero attached hydrogens (tertiary/aromatic N) is 5. The van der Waals surface area contributed by atoms with Gasteiger partial charge in [0.05, 0.1) is 25.2 Å². The van der Waals surface area contributed by atoms with Gasteiger partial charge in [-0.1, -0.05) is 43.7 Å². The van der Waals surface area contributed by atoms with Crippen molar-refractivity contribution >= 4 is 58.2 Å². The Morgan fingerprint density at radius 2 is 2.00 bits per heavy atom. The molecule has 1 aliphatic heterocycles. The van der Waals surface area contributed by atoms with Gasteiger partial charge in [0.25, 0.3) is 0 Å². The number of nitrogen functional groups attached to an aromatic ring is 1. The van der Waals surface area contributed by atoms with E-state index in [1.165, 1.54) is 16.2 Å². The van der Waals surface area contributed by atoms with Crippen molar-refractivity contribution in [3.63, 3.8) is 0 Å². The molecule has 3 aromatic rings. The first-order valence-electron chi connectivity index (χ1n) is 12.4. The van der Waals surface area contributed by atoms with Crippen LogP contribution in [0.5, 0.6) is 0 Å². The van der Waals surface area contributed by atoms with E-state index in [1.54, 1.807) is 17.5 Å². The van der Waals surface area contributed by atoms with Crippen molar-refractivity contribution in [2.75, 3.05) is 17.2 Å². The molecule has 1 aliphatic rings. The van der Waals surface area contributed by atoms with Gasteiger partial charge in [-0.25, -0.2) is 4.98 Å². The third-order valence-electron chi connectivity index (χ3n) is 6.49. The van der Waals surface area contributed by atoms with E-state index in [4.69, 9.17) is 5.73 Å². The van der Waals surface area contributed by atoms with Crippen molar-refractivity contribution < 1.29 is 19.2 Å². The number of carbonyl (C=O) groups is 4. The third kappa shape index (κ3) is 7.30. The van der Waals surface area contributed by atoms with Crippen molar-refractivity contribution in [1.29, 1.82) is 0 Å². The quantitative estimate of drug-likeness (QED) is 0.206. The summed E-state index contributed by atoms with van der Waals surface area (Å²) in [5.74, 6) is -1.60. The lowest BCUT2D eigenvalue weighted by atomic mass is 9.98. The number of para-hydroxylation sites is 1. The Balaban J connectivity index is 0.00000441. The van der Waals surface area contributed by atoms with Crippen LogP contribution in [-0.2, 0) is 38.6 Å². The molecule has 2 aromatic heterocycles. The fourth-order valence-electron chi connectivity index (χ4n) is 4.30. The van der Waals surface area contributed by atoms with Gasteiger partial charge in [0.1, 0.15) is 12.1 Å². The lowest BCUT2D eigenvalue weighted by Crippen LogP contribution is -2.54. The maximum absolute atomic E-state index is 13.4. The number of nitrogens with two attached hydrogens (primary N) is 1. The van der Waals surface area contributed by atoms with Crippen LogP contribution in [0.4, 0.5) is 10.8 Å². The maximum atomic E-state index is 13.4. The fourth-order valence-corrected chi connectivity index (χ4v) is 4.86. The molecule has 14 nitrogen and oxygen atoms in total. The van der Waals surface area contributed by atoms with Gasteiger partial charge in [0.15, 0.2) is 11.0 Å². The van der Waals surface area contributed by atoms with Gasteiger partial charge in [-0.05, 0) is 17.5 Å². The number of rotatable bonds is 11. The molecule has 214 valence electrons. The first-order valence-corrected chi connectivity index (χ1v) is 13.3. The zero-order chi connectivity index (χ0) is 27.9. The second kappa shape index (κ2) is 13.8. The highest BCUT2D eigenvalue weighted by Crippen LogP contribution is 2.32. The van der Waals surface area contributed by atoms with Crippen LogP contribution in [0.25, 0.3) is 0 Å². The lowest BCUT2D eigenvalue weighted by Gasteiger charge is -2.26. The molecular weight excluding hydrogens is 560 g/mol. The minimum absolute atomic E-state index is 0. The SMILES string of the molecule is CC[C@H](C)[C@H](NC(=O)Cc1csc(N)n1)C(=O)NCC(=O)N1c2ccccc2C[C@H]1C(=O)NCc1nn[nH]n1.Cl. The minimum atomic E-state index is -0.855. The monoisotopic (exact) mass is 590 g/mol. The largest absolute Gasteiger partial charge is 0.375 e. The van der Waals surface area contributed by atoms with E-state index in [-0.39, 0.29) is 49.6 Å². The van der Waals surface area contributed by atoms with Crippen molar-refractivity contribution in [3.05, 3.63) is 46.7 Å². The molecule has 6 N–H and O–H groups in total. The number of hydrogen-bond acceptors (Lipinski definition) is 10. The van der Waals surface area contributed by atoms with Crippen molar-refractivity contribution in [3.8, 4) is 0 Å². The van der Waals surface area contributed by atoms with Gasteiger partial charge < -0.3 is 21.7 Å². The zero-order valence-electron chi connectivity index (χ0n) is 21.9. The van der Waals surface area contributed by atoms with Crippen molar-refractivity contribution in [2.24, 2.45) is 5.92 Å². The van der Waals surface area contributed by atoms with Crippen LogP contribution >= 0.6 is 23.7 Å². The normalized spacial score (nSPS) is 15.3. The van der Waals surface area contributed by atoms with Gasteiger partial charge >= 0.3 is 0 Å². The molecule has 4 amide bonds. The van der Waals surface area contributed by atoms with Crippen molar-refractivity contribution in [2.45, 2.75) is 51.7 Å². The van der Waals surface area contributed by atoms with Crippen LogP contribution in [0.2, 0.25) is 0 Å². The van der Waals surface area contributed by atoms with Crippen molar-refractivity contribution in [1.82, 2.24) is 41.6 Å². The molecule has 0 unspecified atom stereocenters. The van der Waals surface area contributed by atoms with Crippen LogP contribution in [0, 0.1) is 5.92 Å². The summed E-state index contributed by atoms with van der Waals surface area (Å²) in [7, 11) is 0. The molecule has 0 radical (unpaired) electrons. The lowest BCUT2D eigenvalue weighted by molar-refractivity contribution is -0.131. The molecule has 16 heteroatoms. The Morgan fingerprint density at radius 1 is 1.23 bits per heavy atom. The summed E-state index contributed by atoms with van der Waals surface area (Å²) in [6, 6.07) is 5.56. The smallest absolute Gasteiger partial charge is 0.247 e. The Kier molecular flexibility index (Phi) is 10.5. The van der Waals surface area contributed by atoms with E-state index < -0.39 is 23.9 Å². The Labute approximate surface area is 240 Å². The zero-order valence-corrected chi connectivity index (χ0v) is 23.6. The van der Waals surface area contributed by atoms with Gasteiger partial charge in [0.2, 0.25) is 23.6 Å². The predicted octanol–water partition coefficient (Wildman–Crippen LogP) is 0.124. The number of thiazole rings is 1. The number of hydrogen-bond donors (Lipinski definition) is 5. The molecule has 0 saturated carbocycles. The summed E-state index contributed by atoms with van der Waals surface area (Å²) in [5, 5.41) is 23.6. The highest BCUT2D eigenvalue weighted by atomic mass is 35.5. The Bertz CT molecular complexity index is 1330. The first kappa shape index (κ1) is 30.4. The van der Waals surface area contributed by atoms with Gasteiger partial charge in [-0.3, -0.25) is 24.1 Å². The average Bonchev–Trinajstić information content (AvgIpc) is 3.68. The summed E-state index contributed by atoms with van der Waals surface area (Å²) in [6.45, 7) is 3.44. The Morgan fingerprint density at radius 3 is 2.67 bits per heavy atom. The van der Waals surface area contributed by atoms with E-state index >= 15 is 0 Å². The highest BCUT2D eigenvalue weighted by Gasteiger charge is 2.38. The molecular formula is C24H31ClN10O4S. The number of nitrogens with one attached hydrogen (secondary N) is 4. The van der Waals surface area contributed by atoms with E-state index in [0.717, 1.165) is 5.56 Å². The summed E-state index contributed by atoms with van der Waals surface area (Å²) in [5.41, 5.74) is 7.59. The second-order valence-electron chi connectivity index (χ2n) is 9.16. The molecule has 0 fully saturated rings. The van der Waals surface area contributed by atoms with Crippen LogP contribution in [0.1, 0.15) is 37.4 Å². The molecule has 1 aromatic carbocycles. The summed E-state index contributed by atoms with van der Waals surface area (Å²) in [4.78, 5) is 57.6. The number of benzene rings is 1. The van der Waals surface area contributed by atoms with E-state index in [2.05, 4.69) is 41.6 Å². The van der Waals surface area contributed by atoms with Crippen LogP contribution in [0.3, 0.4) is 0 Å². The van der Waals surface area contributed by atoms with E-state index in [1.807, 2.05) is 26.0 Å². The molecule has 3 atom stereocenters. The number of anilines is 2. The first-order chi connectivity index (χ1) is 18.8. The van der Waals surface area contributed by atoms with Crippen LogP contribution < -0.4 is 26.6 Å². The van der Waals surface area contributed by atoms with Crippen LogP contribution in [0.15, 0.2) is 29.6 Å². The molecule has 0 bridgehead atoms. The number of aromatic nitrogens is 5. The third-order valence-corrected chi connectivity index (χ3v) is 7.22. The minimum Gasteiger partial charge on any atom is -0.375 e. The molecule has 40 heavy (non-hydrogen) atoms. The van der Waals surface area contributed by atoms with Gasteiger partial charge in [-0.2, -0.15) is 5.21 Å². The predicted molar refractivity (Wildman–Crippen MR) is 149 cm³/mol. The molecule has 3 heterocycles. The number of carbonyl (C=O) groups excluding carboxylic acids is 4. The second-order valence-corrected chi connectivity index (χ2v) is 10.1. The summed E-state index contributed by atoms with van der Waals surface area (Å²) >= 11 is 1.23. The molecule has 4 rings (SSSR count). The topological polar surface area (TPSA) is 201 Å². The summed E-state index contributed by atoms with van der Waals surface area (Å²) in [6.07, 6.45) is 0.927. The number of fused-ring (bicyclic) bond motifs is 1.